The number of hydrogen-bond donors (Lipinski definition) is 1. The van der Waals surface area contributed by atoms with Crippen molar-refractivity contribution in [2.24, 2.45) is 5.73 Å². The van der Waals surface area contributed by atoms with Gasteiger partial charge in [0, 0.05) is 0 Å². The second-order valence-corrected chi connectivity index (χ2v) is 4.06. The van der Waals surface area contributed by atoms with E-state index in [1.54, 1.807) is 0 Å². The Kier molecular flexibility index (Phi) is 2.93. The second kappa shape index (κ2) is 4.25. The highest BCUT2D eigenvalue weighted by Gasteiger charge is 2.41. The van der Waals surface area contributed by atoms with Crippen LogP contribution in [0.1, 0.15) is 19.3 Å². The van der Waals surface area contributed by atoms with Gasteiger partial charge in [-0.1, -0.05) is 0 Å². The monoisotopic (exact) mass is 241 g/mol. The molecule has 0 saturated heterocycles. The molecule has 0 aliphatic heterocycles. The molecule has 92 valence electrons. The minimum absolute atomic E-state index is 0.141. The molecule has 0 aromatic rings. The Labute approximate surface area is 96.2 Å². The Bertz CT molecular complexity index is 404. The summed E-state index contributed by atoms with van der Waals surface area (Å²) in [7, 11) is 0. The number of rotatable bonds is 5. The Morgan fingerprint density at radius 1 is 1.18 bits per heavy atom. The van der Waals surface area contributed by atoms with Gasteiger partial charge in [0.25, 0.3) is 0 Å². The molecule has 7 heteroatoms. The number of ether oxygens (including phenoxy) is 2. The van der Waals surface area contributed by atoms with Gasteiger partial charge in [-0.15, -0.1) is 0 Å². The molecule has 0 bridgehead atoms. The highest BCUT2D eigenvalue weighted by molar-refractivity contribution is 6.01. The summed E-state index contributed by atoms with van der Waals surface area (Å²) in [5.74, 6) is -1.82. The first kappa shape index (κ1) is 11.7. The van der Waals surface area contributed by atoms with Gasteiger partial charge in [-0.2, -0.15) is 0 Å². The molecule has 2 rings (SSSR count). The predicted molar refractivity (Wildman–Crippen MR) is 51.6 cm³/mol. The molecule has 2 N–H and O–H groups in total. The maximum Gasteiger partial charge on any atom is 0.324 e. The first-order valence-electron chi connectivity index (χ1n) is 5.18. The number of carbonyl (C=O) groups is 4. The van der Waals surface area contributed by atoms with Gasteiger partial charge in [-0.25, -0.2) is 0 Å². The van der Waals surface area contributed by atoms with Crippen molar-refractivity contribution in [3.63, 3.8) is 0 Å². The van der Waals surface area contributed by atoms with Crippen LogP contribution >= 0.6 is 0 Å². The Morgan fingerprint density at radius 2 is 1.65 bits per heavy atom. The van der Waals surface area contributed by atoms with Crippen LogP contribution in [0.5, 0.6) is 0 Å². The molecular formula is C10H11NO6. The molecule has 0 spiro atoms. The maximum absolute atomic E-state index is 11.3. The topological polar surface area (TPSA) is 113 Å². The lowest BCUT2D eigenvalue weighted by Gasteiger charge is -2.09. The molecule has 7 nitrogen and oxygen atoms in total. The normalized spacial score (nSPS) is 27.4. The zero-order chi connectivity index (χ0) is 12.6. The minimum Gasteiger partial charge on any atom is -0.454 e. The van der Waals surface area contributed by atoms with Crippen molar-refractivity contribution in [3.8, 4) is 0 Å². The molecule has 0 radical (unpaired) electrons. The fourth-order valence-corrected chi connectivity index (χ4v) is 1.16. The van der Waals surface area contributed by atoms with Crippen molar-refractivity contribution in [3.05, 3.63) is 0 Å². The average Bonchev–Trinajstić information content (AvgIpc) is 3.09. The predicted octanol–water partition coefficient (Wildman–Crippen LogP) is -1.53. The quantitative estimate of drug-likeness (QED) is 0.581. The van der Waals surface area contributed by atoms with Crippen LogP contribution in [0.2, 0.25) is 0 Å². The number of nitrogens with two attached hydrogens (primary N) is 1. The molecule has 0 heterocycles. The van der Waals surface area contributed by atoms with Crippen molar-refractivity contribution in [2.75, 3.05) is 0 Å². The third kappa shape index (κ3) is 3.10. The van der Waals surface area contributed by atoms with E-state index in [9.17, 15) is 19.2 Å². The van der Waals surface area contributed by atoms with Crippen LogP contribution in [0.3, 0.4) is 0 Å². The van der Waals surface area contributed by atoms with E-state index in [2.05, 4.69) is 4.74 Å². The Morgan fingerprint density at radius 3 is 2.12 bits per heavy atom. The molecule has 2 fully saturated rings. The second-order valence-electron chi connectivity index (χ2n) is 4.06. The first-order chi connectivity index (χ1) is 7.97. The summed E-state index contributed by atoms with van der Waals surface area (Å²) in [6.45, 7) is 0. The van der Waals surface area contributed by atoms with Crippen LogP contribution in [0.4, 0.5) is 0 Å². The molecule has 17 heavy (non-hydrogen) atoms. The van der Waals surface area contributed by atoms with Crippen LogP contribution in [0.25, 0.3) is 0 Å². The molecule has 2 saturated carbocycles. The summed E-state index contributed by atoms with van der Waals surface area (Å²) in [6.07, 6.45) is -1.30. The minimum atomic E-state index is -1.16. The van der Waals surface area contributed by atoms with E-state index in [-0.39, 0.29) is 30.8 Å². The van der Waals surface area contributed by atoms with Gasteiger partial charge in [0.1, 0.15) is 6.04 Å². The highest BCUT2D eigenvalue weighted by atomic mass is 16.6. The van der Waals surface area contributed by atoms with Crippen LogP contribution in [-0.4, -0.2) is 41.8 Å². The van der Waals surface area contributed by atoms with Gasteiger partial charge in [-0.05, 0) is 0 Å². The number of carbonyl (C=O) groups excluding carboxylic acids is 4. The van der Waals surface area contributed by atoms with E-state index in [0.29, 0.717) is 0 Å². The summed E-state index contributed by atoms with van der Waals surface area (Å²) >= 11 is 0. The number of hydrogen-bond acceptors (Lipinski definition) is 7. The smallest absolute Gasteiger partial charge is 0.324 e. The lowest BCUT2D eigenvalue weighted by atomic mass is 10.2. The first-order valence-corrected chi connectivity index (χ1v) is 5.18. The molecule has 0 aromatic carbocycles. The van der Waals surface area contributed by atoms with Crippen molar-refractivity contribution in [1.29, 1.82) is 0 Å². The molecule has 3 unspecified atom stereocenters. The molecule has 0 aromatic heterocycles. The van der Waals surface area contributed by atoms with Gasteiger partial charge in [0.15, 0.2) is 23.8 Å². The fourth-order valence-electron chi connectivity index (χ4n) is 1.16. The molecule has 0 amide bonds. The largest absolute Gasteiger partial charge is 0.454 e. The summed E-state index contributed by atoms with van der Waals surface area (Å²) in [4.78, 5) is 43.7. The zero-order valence-corrected chi connectivity index (χ0v) is 8.88. The maximum atomic E-state index is 11.3. The van der Waals surface area contributed by atoms with Crippen LogP contribution in [0, 0.1) is 0 Å². The van der Waals surface area contributed by atoms with Gasteiger partial charge < -0.3 is 15.2 Å². The molecule has 2 aliphatic carbocycles. The lowest BCUT2D eigenvalue weighted by molar-refractivity contribution is -0.154. The highest BCUT2D eigenvalue weighted by Crippen LogP contribution is 2.20. The lowest BCUT2D eigenvalue weighted by Crippen LogP contribution is -2.35. The number of esters is 2. The zero-order valence-electron chi connectivity index (χ0n) is 8.88. The van der Waals surface area contributed by atoms with E-state index in [1.807, 2.05) is 0 Å². The van der Waals surface area contributed by atoms with Crippen molar-refractivity contribution in [1.82, 2.24) is 0 Å². The third-order valence-corrected chi connectivity index (χ3v) is 2.39. The van der Waals surface area contributed by atoms with Crippen LogP contribution in [-0.2, 0) is 28.7 Å². The van der Waals surface area contributed by atoms with Gasteiger partial charge in [0.2, 0.25) is 0 Å². The summed E-state index contributed by atoms with van der Waals surface area (Å²) in [5.41, 5.74) is 5.40. The van der Waals surface area contributed by atoms with Crippen molar-refractivity contribution >= 4 is 23.5 Å². The summed E-state index contributed by atoms with van der Waals surface area (Å²) in [6, 6.07) is -1.16. The summed E-state index contributed by atoms with van der Waals surface area (Å²) < 4.78 is 9.38. The van der Waals surface area contributed by atoms with E-state index in [4.69, 9.17) is 10.5 Å². The number of Topliss-reactive ketones (excluding diaryl/α,β-unsaturated/α-hetero) is 2. The van der Waals surface area contributed by atoms with Crippen LogP contribution in [0.15, 0.2) is 0 Å². The number of ketones is 2. The van der Waals surface area contributed by atoms with E-state index in [0.717, 1.165) is 0 Å². The van der Waals surface area contributed by atoms with Crippen molar-refractivity contribution < 1.29 is 28.7 Å². The molecular weight excluding hydrogens is 230 g/mol. The standard InChI is InChI=1S/C10H11NO6/c11-4(10(15)17-8-3-6(8)13)1-9(14)16-7-2-5(7)12/h4,7-8H,1-3,11H2. The van der Waals surface area contributed by atoms with E-state index >= 15 is 0 Å². The van der Waals surface area contributed by atoms with Crippen LogP contribution < -0.4 is 5.73 Å². The third-order valence-electron chi connectivity index (χ3n) is 2.39. The fraction of sp³-hybridized carbons (Fsp3) is 0.600. The van der Waals surface area contributed by atoms with E-state index in [1.165, 1.54) is 0 Å². The Balaban J connectivity index is 1.69. The molecule has 2 aliphatic rings. The Hall–Kier alpha value is -1.76. The molecule has 3 atom stereocenters. The van der Waals surface area contributed by atoms with Gasteiger partial charge in [-0.3, -0.25) is 19.2 Å². The van der Waals surface area contributed by atoms with Gasteiger partial charge >= 0.3 is 11.9 Å². The van der Waals surface area contributed by atoms with E-state index < -0.39 is 30.2 Å². The SMILES string of the molecule is NC(CC(=O)OC1CC1=O)C(=O)OC1CC1=O. The van der Waals surface area contributed by atoms with Crippen molar-refractivity contribution in [2.45, 2.75) is 37.5 Å². The van der Waals surface area contributed by atoms with Gasteiger partial charge in [0.05, 0.1) is 19.3 Å². The average molecular weight is 241 g/mol. The summed E-state index contributed by atoms with van der Waals surface area (Å²) in [5, 5.41) is 0.